The fraction of sp³-hybridized carbons (Fsp3) is 0.636. The van der Waals surface area contributed by atoms with Gasteiger partial charge in [-0.1, -0.05) is 0 Å². The number of ether oxygens (including phenoxy) is 4. The van der Waals surface area contributed by atoms with Crippen LogP contribution in [0.1, 0.15) is 6.42 Å². The Kier molecular flexibility index (Phi) is 6.82. The average Bonchev–Trinajstić information content (AvgIpc) is 2.38. The minimum Gasteiger partial charge on any atom is -0.487 e. The van der Waals surface area contributed by atoms with E-state index in [4.69, 9.17) is 18.9 Å². The number of aromatic nitrogens is 2. The van der Waals surface area contributed by atoms with Crippen molar-refractivity contribution in [2.24, 2.45) is 0 Å². The van der Waals surface area contributed by atoms with Crippen molar-refractivity contribution < 1.29 is 18.9 Å². The van der Waals surface area contributed by atoms with Crippen molar-refractivity contribution in [1.29, 1.82) is 0 Å². The maximum absolute atomic E-state index is 11.3. The molecule has 1 aromatic heterocycles. The summed E-state index contributed by atoms with van der Waals surface area (Å²) in [6.07, 6.45) is 2.10. The zero-order valence-electron chi connectivity index (χ0n) is 10.6. The standard InChI is InChI=1S/C11H18N2O5/c1-15-4-3-5-17-6-7-18-11-9(16-2)10(14)12-8-13-11/h8H,3-7H2,1-2H3,(H,12,13,14). The Labute approximate surface area is 105 Å². The van der Waals surface area contributed by atoms with Gasteiger partial charge in [0, 0.05) is 20.3 Å². The predicted molar refractivity (Wildman–Crippen MR) is 64.2 cm³/mol. The van der Waals surface area contributed by atoms with Crippen molar-refractivity contribution in [2.75, 3.05) is 40.6 Å². The lowest BCUT2D eigenvalue weighted by Gasteiger charge is -2.08. The third-order valence-corrected chi connectivity index (χ3v) is 2.09. The van der Waals surface area contributed by atoms with E-state index in [9.17, 15) is 4.79 Å². The number of rotatable bonds is 9. The van der Waals surface area contributed by atoms with E-state index in [1.54, 1.807) is 7.11 Å². The summed E-state index contributed by atoms with van der Waals surface area (Å²) in [5.74, 6) is 0.235. The van der Waals surface area contributed by atoms with Gasteiger partial charge in [-0.05, 0) is 6.42 Å². The molecule has 0 fully saturated rings. The number of H-pyrrole nitrogens is 1. The third kappa shape index (κ3) is 4.72. The number of nitrogens with one attached hydrogen (secondary N) is 1. The van der Waals surface area contributed by atoms with Gasteiger partial charge in [-0.15, -0.1) is 0 Å². The summed E-state index contributed by atoms with van der Waals surface area (Å²) in [6.45, 7) is 2.00. The Morgan fingerprint density at radius 3 is 2.78 bits per heavy atom. The number of methoxy groups -OCH3 is 2. The molecule has 1 aromatic rings. The molecule has 0 aromatic carbocycles. The Morgan fingerprint density at radius 2 is 2.06 bits per heavy atom. The van der Waals surface area contributed by atoms with E-state index >= 15 is 0 Å². The molecule has 7 heteroatoms. The van der Waals surface area contributed by atoms with Crippen LogP contribution < -0.4 is 15.0 Å². The largest absolute Gasteiger partial charge is 0.487 e. The molecule has 0 saturated carbocycles. The first kappa shape index (κ1) is 14.5. The predicted octanol–water partition coefficient (Wildman–Crippen LogP) is 0.210. The first-order valence-corrected chi connectivity index (χ1v) is 5.60. The fourth-order valence-corrected chi connectivity index (χ4v) is 1.26. The van der Waals surface area contributed by atoms with Crippen molar-refractivity contribution >= 4 is 0 Å². The van der Waals surface area contributed by atoms with Crippen LogP contribution >= 0.6 is 0 Å². The van der Waals surface area contributed by atoms with Crippen LogP contribution in [-0.4, -0.2) is 50.6 Å². The molecule has 0 atom stereocenters. The second-order valence-corrected chi connectivity index (χ2v) is 3.38. The highest BCUT2D eigenvalue weighted by molar-refractivity contribution is 5.29. The van der Waals surface area contributed by atoms with Gasteiger partial charge in [-0.25, -0.2) is 4.98 Å². The van der Waals surface area contributed by atoms with E-state index in [1.807, 2.05) is 0 Å². The van der Waals surface area contributed by atoms with E-state index in [1.165, 1.54) is 13.4 Å². The Morgan fingerprint density at radius 1 is 1.22 bits per heavy atom. The minimum absolute atomic E-state index is 0.0666. The van der Waals surface area contributed by atoms with Gasteiger partial charge in [-0.2, -0.15) is 0 Å². The SMILES string of the molecule is COCCCOCCOc1nc[nH]c(=O)c1OC. The maximum atomic E-state index is 11.3. The van der Waals surface area contributed by atoms with Crippen LogP contribution in [0.5, 0.6) is 11.6 Å². The van der Waals surface area contributed by atoms with Gasteiger partial charge in [0.2, 0.25) is 5.75 Å². The van der Waals surface area contributed by atoms with Crippen molar-refractivity contribution in [3.8, 4) is 11.6 Å². The molecule has 0 amide bonds. The molecule has 0 radical (unpaired) electrons. The van der Waals surface area contributed by atoms with E-state index < -0.39 is 0 Å². The van der Waals surface area contributed by atoms with E-state index in [-0.39, 0.29) is 17.2 Å². The molecular weight excluding hydrogens is 240 g/mol. The van der Waals surface area contributed by atoms with E-state index in [0.29, 0.717) is 26.4 Å². The first-order chi connectivity index (χ1) is 8.79. The van der Waals surface area contributed by atoms with Crippen LogP contribution in [0.25, 0.3) is 0 Å². The van der Waals surface area contributed by atoms with Crippen molar-refractivity contribution in [3.63, 3.8) is 0 Å². The molecule has 0 aliphatic heterocycles. The molecule has 0 bridgehead atoms. The van der Waals surface area contributed by atoms with Gasteiger partial charge in [0.05, 0.1) is 20.0 Å². The molecule has 0 spiro atoms. The monoisotopic (exact) mass is 258 g/mol. The summed E-state index contributed by atoms with van der Waals surface area (Å²) in [7, 11) is 3.04. The fourth-order valence-electron chi connectivity index (χ4n) is 1.26. The smallest absolute Gasteiger partial charge is 0.297 e. The van der Waals surface area contributed by atoms with E-state index in [0.717, 1.165) is 6.42 Å². The van der Waals surface area contributed by atoms with Gasteiger partial charge in [0.1, 0.15) is 6.61 Å². The minimum atomic E-state index is -0.372. The molecule has 1 heterocycles. The maximum Gasteiger partial charge on any atom is 0.297 e. The Balaban J connectivity index is 2.27. The van der Waals surface area contributed by atoms with Gasteiger partial charge in [0.15, 0.2) is 0 Å². The lowest BCUT2D eigenvalue weighted by molar-refractivity contribution is 0.0786. The van der Waals surface area contributed by atoms with Crippen LogP contribution in [0.15, 0.2) is 11.1 Å². The van der Waals surface area contributed by atoms with Crippen LogP contribution in [-0.2, 0) is 9.47 Å². The Bertz CT molecular complexity index is 393. The summed E-state index contributed by atoms with van der Waals surface area (Å²) >= 11 is 0. The highest BCUT2D eigenvalue weighted by atomic mass is 16.5. The van der Waals surface area contributed by atoms with Crippen molar-refractivity contribution in [2.45, 2.75) is 6.42 Å². The number of hydrogen-bond acceptors (Lipinski definition) is 6. The Hall–Kier alpha value is -1.60. The third-order valence-electron chi connectivity index (χ3n) is 2.09. The van der Waals surface area contributed by atoms with Gasteiger partial charge >= 0.3 is 0 Å². The molecule has 1 N–H and O–H groups in total. The van der Waals surface area contributed by atoms with Crippen LogP contribution in [0.4, 0.5) is 0 Å². The number of aromatic amines is 1. The highest BCUT2D eigenvalue weighted by Crippen LogP contribution is 2.16. The summed E-state index contributed by atoms with van der Waals surface area (Å²) in [6, 6.07) is 0. The zero-order valence-corrected chi connectivity index (χ0v) is 10.6. The second kappa shape index (κ2) is 8.48. The van der Waals surface area contributed by atoms with Crippen LogP contribution in [0.3, 0.4) is 0 Å². The molecule has 7 nitrogen and oxygen atoms in total. The zero-order chi connectivity index (χ0) is 13.2. The van der Waals surface area contributed by atoms with E-state index in [2.05, 4.69) is 9.97 Å². The topological polar surface area (TPSA) is 82.7 Å². The summed E-state index contributed by atoms with van der Waals surface area (Å²) in [5.41, 5.74) is -0.372. The molecular formula is C11H18N2O5. The van der Waals surface area contributed by atoms with Crippen LogP contribution in [0.2, 0.25) is 0 Å². The number of nitrogens with zero attached hydrogens (tertiary/aromatic N) is 1. The normalized spacial score (nSPS) is 10.3. The molecule has 0 saturated heterocycles. The van der Waals surface area contributed by atoms with Crippen molar-refractivity contribution in [3.05, 3.63) is 16.7 Å². The number of hydrogen-bond donors (Lipinski definition) is 1. The summed E-state index contributed by atoms with van der Waals surface area (Å²) in [5, 5.41) is 0. The van der Waals surface area contributed by atoms with Crippen molar-refractivity contribution in [1.82, 2.24) is 9.97 Å². The van der Waals surface area contributed by atoms with Gasteiger partial charge in [-0.3, -0.25) is 4.79 Å². The second-order valence-electron chi connectivity index (χ2n) is 3.38. The van der Waals surface area contributed by atoms with Gasteiger partial charge in [0.25, 0.3) is 11.4 Å². The molecule has 0 aliphatic carbocycles. The van der Waals surface area contributed by atoms with Crippen LogP contribution in [0, 0.1) is 0 Å². The summed E-state index contributed by atoms with van der Waals surface area (Å²) < 4.78 is 20.4. The summed E-state index contributed by atoms with van der Waals surface area (Å²) in [4.78, 5) is 17.6. The lowest BCUT2D eigenvalue weighted by Crippen LogP contribution is -2.14. The molecule has 0 aliphatic rings. The highest BCUT2D eigenvalue weighted by Gasteiger charge is 2.09. The van der Waals surface area contributed by atoms with Gasteiger partial charge < -0.3 is 23.9 Å². The molecule has 1 rings (SSSR count). The average molecular weight is 258 g/mol. The quantitative estimate of drug-likeness (QED) is 0.638. The molecule has 18 heavy (non-hydrogen) atoms. The molecule has 102 valence electrons. The lowest BCUT2D eigenvalue weighted by atomic mass is 10.5. The first-order valence-electron chi connectivity index (χ1n) is 5.60. The molecule has 0 unspecified atom stereocenters.